The molecule has 2 N–H and O–H groups in total. The van der Waals surface area contributed by atoms with Crippen LogP contribution in [0.25, 0.3) is 0 Å². The first kappa shape index (κ1) is 15.8. The Morgan fingerprint density at radius 3 is 2.70 bits per heavy atom. The lowest BCUT2D eigenvalue weighted by Crippen LogP contribution is -2.42. The van der Waals surface area contributed by atoms with Crippen LogP contribution in [0.4, 0.5) is 0 Å². The number of hydrogen-bond donors (Lipinski definition) is 2. The van der Waals surface area contributed by atoms with Crippen molar-refractivity contribution in [2.75, 3.05) is 19.6 Å². The van der Waals surface area contributed by atoms with Crippen molar-refractivity contribution in [3.8, 4) is 0 Å². The Morgan fingerprint density at radius 2 is 2.05 bits per heavy atom. The number of rotatable bonds is 6. The van der Waals surface area contributed by atoms with Crippen molar-refractivity contribution in [3.05, 3.63) is 34.9 Å². The molecule has 2 rings (SSSR count). The summed E-state index contributed by atoms with van der Waals surface area (Å²) in [6, 6.07) is 8.68. The monoisotopic (exact) mass is 296 g/mol. The fourth-order valence-electron chi connectivity index (χ4n) is 2.66. The Hall–Kier alpha value is -0.610. The van der Waals surface area contributed by atoms with Crippen LogP contribution in [0.5, 0.6) is 0 Å². The number of nitrogens with zero attached hydrogens (tertiary/aromatic N) is 1. The third kappa shape index (κ3) is 5.06. The first-order chi connectivity index (χ1) is 9.65. The molecular weight excluding hydrogens is 272 g/mol. The van der Waals surface area contributed by atoms with Crippen molar-refractivity contribution in [3.63, 3.8) is 0 Å². The van der Waals surface area contributed by atoms with E-state index in [4.69, 9.17) is 11.6 Å². The molecule has 0 saturated carbocycles. The van der Waals surface area contributed by atoms with Gasteiger partial charge >= 0.3 is 0 Å². The molecule has 1 saturated heterocycles. The highest BCUT2D eigenvalue weighted by molar-refractivity contribution is 6.31. The topological polar surface area (TPSA) is 35.5 Å². The minimum absolute atomic E-state index is 0.206. The van der Waals surface area contributed by atoms with E-state index in [0.717, 1.165) is 37.6 Å². The largest absolute Gasteiger partial charge is 0.393 e. The van der Waals surface area contributed by atoms with Crippen LogP contribution in [-0.2, 0) is 6.54 Å². The van der Waals surface area contributed by atoms with Crippen LogP contribution in [0.3, 0.4) is 0 Å². The minimum atomic E-state index is -0.206. The van der Waals surface area contributed by atoms with Crippen LogP contribution < -0.4 is 5.32 Å². The number of benzene rings is 1. The molecule has 1 aromatic rings. The molecule has 0 amide bonds. The minimum Gasteiger partial charge on any atom is -0.393 e. The summed E-state index contributed by atoms with van der Waals surface area (Å²) < 4.78 is 0. The third-order valence-corrected chi connectivity index (χ3v) is 4.30. The van der Waals surface area contributed by atoms with Gasteiger partial charge in [-0.15, -0.1) is 0 Å². The van der Waals surface area contributed by atoms with E-state index in [1.807, 2.05) is 25.1 Å². The zero-order chi connectivity index (χ0) is 14.4. The maximum atomic E-state index is 9.25. The first-order valence-electron chi connectivity index (χ1n) is 7.52. The van der Waals surface area contributed by atoms with Gasteiger partial charge in [0.2, 0.25) is 0 Å². The van der Waals surface area contributed by atoms with Crippen LogP contribution in [0.1, 0.15) is 31.7 Å². The Kier molecular flexibility index (Phi) is 6.30. The standard InChI is InChI=1S/C16H25ClN2O/c1-13(20)6-9-18-15-7-10-19(11-8-15)12-14-4-2-3-5-16(14)17/h2-5,13,15,18,20H,6-12H2,1H3. The lowest BCUT2D eigenvalue weighted by atomic mass is 10.0. The molecule has 1 aliphatic rings. The molecule has 1 unspecified atom stereocenters. The van der Waals surface area contributed by atoms with E-state index >= 15 is 0 Å². The zero-order valence-electron chi connectivity index (χ0n) is 12.2. The highest BCUT2D eigenvalue weighted by Gasteiger charge is 2.19. The number of hydrogen-bond acceptors (Lipinski definition) is 3. The van der Waals surface area contributed by atoms with E-state index < -0.39 is 0 Å². The van der Waals surface area contributed by atoms with Crippen LogP contribution in [0.2, 0.25) is 5.02 Å². The SMILES string of the molecule is CC(O)CCNC1CCN(Cc2ccccc2Cl)CC1. The molecule has 3 nitrogen and oxygen atoms in total. The molecule has 112 valence electrons. The summed E-state index contributed by atoms with van der Waals surface area (Å²) in [5, 5.41) is 13.7. The lowest BCUT2D eigenvalue weighted by molar-refractivity contribution is 0.169. The fraction of sp³-hybridized carbons (Fsp3) is 0.625. The number of piperidine rings is 1. The molecule has 1 fully saturated rings. The van der Waals surface area contributed by atoms with Gasteiger partial charge in [0.1, 0.15) is 0 Å². The van der Waals surface area contributed by atoms with Gasteiger partial charge in [-0.3, -0.25) is 4.90 Å². The van der Waals surface area contributed by atoms with Crippen LogP contribution >= 0.6 is 11.6 Å². The lowest BCUT2D eigenvalue weighted by Gasteiger charge is -2.32. The molecule has 0 spiro atoms. The second-order valence-corrected chi connectivity index (χ2v) is 6.14. The normalized spacial score (nSPS) is 19.1. The second-order valence-electron chi connectivity index (χ2n) is 5.73. The van der Waals surface area contributed by atoms with Crippen molar-refractivity contribution < 1.29 is 5.11 Å². The van der Waals surface area contributed by atoms with E-state index in [1.165, 1.54) is 18.4 Å². The maximum absolute atomic E-state index is 9.25. The van der Waals surface area contributed by atoms with E-state index in [1.54, 1.807) is 0 Å². The molecular formula is C16H25ClN2O. The van der Waals surface area contributed by atoms with Gasteiger partial charge in [0, 0.05) is 17.6 Å². The number of halogens is 1. The molecule has 20 heavy (non-hydrogen) atoms. The summed E-state index contributed by atoms with van der Waals surface area (Å²) in [5.74, 6) is 0. The van der Waals surface area contributed by atoms with Crippen LogP contribution in [0.15, 0.2) is 24.3 Å². The molecule has 1 aromatic carbocycles. The van der Waals surface area contributed by atoms with Crippen molar-refractivity contribution in [2.24, 2.45) is 0 Å². The van der Waals surface area contributed by atoms with Gasteiger partial charge in [-0.2, -0.15) is 0 Å². The summed E-state index contributed by atoms with van der Waals surface area (Å²) in [6.45, 7) is 5.91. The Bertz CT molecular complexity index is 403. The number of likely N-dealkylation sites (tertiary alicyclic amines) is 1. The fourth-order valence-corrected chi connectivity index (χ4v) is 2.85. The van der Waals surface area contributed by atoms with E-state index in [0.29, 0.717) is 6.04 Å². The smallest absolute Gasteiger partial charge is 0.0524 e. The second kappa shape index (κ2) is 7.99. The Labute approximate surface area is 126 Å². The highest BCUT2D eigenvalue weighted by atomic mass is 35.5. The van der Waals surface area contributed by atoms with Gasteiger partial charge < -0.3 is 10.4 Å². The highest BCUT2D eigenvalue weighted by Crippen LogP contribution is 2.19. The van der Waals surface area contributed by atoms with Gasteiger partial charge in [0.05, 0.1) is 6.10 Å². The van der Waals surface area contributed by atoms with E-state index in [9.17, 15) is 5.11 Å². The van der Waals surface area contributed by atoms with E-state index in [-0.39, 0.29) is 6.10 Å². The Balaban J connectivity index is 1.70. The summed E-state index contributed by atoms with van der Waals surface area (Å²) in [4.78, 5) is 2.47. The van der Waals surface area contributed by atoms with Gasteiger partial charge in [-0.25, -0.2) is 0 Å². The van der Waals surface area contributed by atoms with E-state index in [2.05, 4.69) is 16.3 Å². The van der Waals surface area contributed by atoms with Gasteiger partial charge in [-0.1, -0.05) is 29.8 Å². The number of nitrogens with one attached hydrogen (secondary N) is 1. The average molecular weight is 297 g/mol. The number of aliphatic hydroxyl groups is 1. The average Bonchev–Trinajstić information content (AvgIpc) is 2.43. The van der Waals surface area contributed by atoms with Gasteiger partial charge in [-0.05, 0) is 57.5 Å². The van der Waals surface area contributed by atoms with Gasteiger partial charge in [0.15, 0.2) is 0 Å². The van der Waals surface area contributed by atoms with Crippen molar-refractivity contribution >= 4 is 11.6 Å². The predicted molar refractivity (Wildman–Crippen MR) is 84.1 cm³/mol. The molecule has 4 heteroatoms. The van der Waals surface area contributed by atoms with Gasteiger partial charge in [0.25, 0.3) is 0 Å². The summed E-state index contributed by atoms with van der Waals surface area (Å²) in [7, 11) is 0. The summed E-state index contributed by atoms with van der Waals surface area (Å²) in [6.07, 6.45) is 2.97. The molecule has 0 aromatic heterocycles. The van der Waals surface area contributed by atoms with Crippen molar-refractivity contribution in [2.45, 2.75) is 44.9 Å². The molecule has 1 atom stereocenters. The maximum Gasteiger partial charge on any atom is 0.0524 e. The zero-order valence-corrected chi connectivity index (χ0v) is 12.9. The molecule has 0 radical (unpaired) electrons. The van der Waals surface area contributed by atoms with Crippen molar-refractivity contribution in [1.82, 2.24) is 10.2 Å². The Morgan fingerprint density at radius 1 is 1.35 bits per heavy atom. The summed E-state index contributed by atoms with van der Waals surface area (Å²) in [5.41, 5.74) is 1.22. The number of aliphatic hydroxyl groups excluding tert-OH is 1. The molecule has 0 aliphatic carbocycles. The molecule has 1 aliphatic heterocycles. The predicted octanol–water partition coefficient (Wildman–Crippen LogP) is 2.66. The first-order valence-corrected chi connectivity index (χ1v) is 7.90. The molecule has 0 bridgehead atoms. The van der Waals surface area contributed by atoms with Crippen molar-refractivity contribution in [1.29, 1.82) is 0 Å². The third-order valence-electron chi connectivity index (χ3n) is 3.93. The quantitative estimate of drug-likeness (QED) is 0.847. The van der Waals surface area contributed by atoms with Crippen LogP contribution in [0, 0.1) is 0 Å². The summed E-state index contributed by atoms with van der Waals surface area (Å²) >= 11 is 6.21. The molecule has 1 heterocycles. The van der Waals surface area contributed by atoms with Crippen LogP contribution in [-0.4, -0.2) is 41.8 Å².